The highest BCUT2D eigenvalue weighted by Gasteiger charge is 2.33. The van der Waals surface area contributed by atoms with Crippen LogP contribution < -0.4 is 10.1 Å². The van der Waals surface area contributed by atoms with E-state index in [1.807, 2.05) is 6.07 Å². The molecule has 118 valence electrons. The van der Waals surface area contributed by atoms with E-state index in [1.54, 1.807) is 37.4 Å². The fraction of sp³-hybridized carbons (Fsp3) is 0.118. The van der Waals surface area contributed by atoms with Gasteiger partial charge in [-0.25, -0.2) is 0 Å². The lowest BCUT2D eigenvalue weighted by atomic mass is 10.1. The number of para-hydroxylation sites is 1. The van der Waals surface area contributed by atoms with Crippen molar-refractivity contribution in [3.8, 4) is 5.75 Å². The Bertz CT molecular complexity index is 847. The normalized spacial score (nSPS) is 11.5. The van der Waals surface area contributed by atoms with Gasteiger partial charge in [-0.05, 0) is 24.3 Å². The molecule has 1 aromatic heterocycles. The summed E-state index contributed by atoms with van der Waals surface area (Å²) in [4.78, 5) is 3.90. The number of halogens is 3. The lowest BCUT2D eigenvalue weighted by molar-refractivity contribution is -0.136. The number of anilines is 2. The zero-order chi connectivity index (χ0) is 16.4. The maximum atomic E-state index is 13.1. The van der Waals surface area contributed by atoms with Crippen molar-refractivity contribution in [2.75, 3.05) is 12.4 Å². The summed E-state index contributed by atoms with van der Waals surface area (Å²) >= 11 is 0. The van der Waals surface area contributed by atoms with Crippen LogP contribution in [0.15, 0.2) is 54.7 Å². The molecule has 0 saturated carbocycles. The second-order valence-electron chi connectivity index (χ2n) is 4.91. The number of ether oxygens (including phenoxy) is 1. The summed E-state index contributed by atoms with van der Waals surface area (Å²) < 4.78 is 44.4. The molecule has 3 nitrogen and oxygen atoms in total. The number of nitrogens with one attached hydrogen (secondary N) is 1. The van der Waals surface area contributed by atoms with E-state index in [1.165, 1.54) is 12.3 Å². The Morgan fingerprint density at radius 2 is 1.83 bits per heavy atom. The Morgan fingerprint density at radius 3 is 2.57 bits per heavy atom. The molecule has 0 atom stereocenters. The summed E-state index contributed by atoms with van der Waals surface area (Å²) in [5, 5.41) is 3.52. The number of pyridine rings is 1. The number of hydrogen-bond donors (Lipinski definition) is 1. The third kappa shape index (κ3) is 3.06. The smallest absolute Gasteiger partial charge is 0.418 e. The Hall–Kier alpha value is -2.76. The van der Waals surface area contributed by atoms with Crippen LogP contribution >= 0.6 is 0 Å². The first-order valence-corrected chi connectivity index (χ1v) is 6.85. The van der Waals surface area contributed by atoms with Crippen LogP contribution in [-0.2, 0) is 6.18 Å². The number of rotatable bonds is 3. The van der Waals surface area contributed by atoms with Crippen LogP contribution in [0.25, 0.3) is 10.9 Å². The molecule has 6 heteroatoms. The van der Waals surface area contributed by atoms with Crippen LogP contribution in [0.4, 0.5) is 24.5 Å². The van der Waals surface area contributed by atoms with Gasteiger partial charge in [-0.2, -0.15) is 13.2 Å². The summed E-state index contributed by atoms with van der Waals surface area (Å²) in [6, 6.07) is 12.8. The van der Waals surface area contributed by atoms with E-state index in [9.17, 15) is 13.2 Å². The number of aromatic nitrogens is 1. The highest BCUT2D eigenvalue weighted by Crippen LogP contribution is 2.36. The number of benzene rings is 2. The fourth-order valence-electron chi connectivity index (χ4n) is 2.37. The standard InChI is InChI=1S/C17H13F3N2O/c1-23-12-5-2-4-11(10-12)22-15-8-9-21-16-13(15)6-3-7-14(16)17(18,19)20/h2-10H,1H3,(H,21,22). The van der Waals surface area contributed by atoms with Crippen molar-refractivity contribution in [3.63, 3.8) is 0 Å². The van der Waals surface area contributed by atoms with Crippen molar-refractivity contribution in [1.82, 2.24) is 4.98 Å². The molecular weight excluding hydrogens is 305 g/mol. The van der Waals surface area contributed by atoms with Crippen molar-refractivity contribution in [2.45, 2.75) is 6.18 Å². The first-order valence-electron chi connectivity index (χ1n) is 6.85. The molecule has 2 aromatic carbocycles. The second-order valence-corrected chi connectivity index (χ2v) is 4.91. The minimum atomic E-state index is -4.44. The Balaban J connectivity index is 2.08. The summed E-state index contributed by atoms with van der Waals surface area (Å²) in [6.45, 7) is 0. The molecule has 3 aromatic rings. The van der Waals surface area contributed by atoms with Gasteiger partial charge >= 0.3 is 6.18 Å². The van der Waals surface area contributed by atoms with Gasteiger partial charge in [-0.15, -0.1) is 0 Å². The Morgan fingerprint density at radius 1 is 1.04 bits per heavy atom. The van der Waals surface area contributed by atoms with Gasteiger partial charge in [0.1, 0.15) is 5.75 Å². The Labute approximate surface area is 130 Å². The highest BCUT2D eigenvalue weighted by molar-refractivity contribution is 5.94. The Kier molecular flexibility index (Phi) is 3.82. The summed E-state index contributed by atoms with van der Waals surface area (Å²) in [7, 11) is 1.55. The molecular formula is C17H13F3N2O. The minimum absolute atomic E-state index is 0.0760. The molecule has 0 aliphatic heterocycles. The first-order chi connectivity index (χ1) is 11.0. The van der Waals surface area contributed by atoms with E-state index < -0.39 is 11.7 Å². The van der Waals surface area contributed by atoms with Crippen LogP contribution in [0.2, 0.25) is 0 Å². The third-order valence-electron chi connectivity index (χ3n) is 3.43. The van der Waals surface area contributed by atoms with Gasteiger partial charge in [0.05, 0.1) is 18.2 Å². The van der Waals surface area contributed by atoms with Gasteiger partial charge in [0.25, 0.3) is 0 Å². The summed E-state index contributed by atoms with van der Waals surface area (Å²) in [6.07, 6.45) is -3.08. The van der Waals surface area contributed by atoms with Crippen LogP contribution in [0.1, 0.15) is 5.56 Å². The molecule has 1 N–H and O–H groups in total. The zero-order valence-electron chi connectivity index (χ0n) is 12.2. The van der Waals surface area contributed by atoms with E-state index in [2.05, 4.69) is 10.3 Å². The zero-order valence-corrected chi connectivity index (χ0v) is 12.2. The lowest BCUT2D eigenvalue weighted by Crippen LogP contribution is -2.06. The topological polar surface area (TPSA) is 34.1 Å². The fourth-order valence-corrected chi connectivity index (χ4v) is 2.37. The molecule has 0 aliphatic carbocycles. The number of methoxy groups -OCH3 is 1. The average Bonchev–Trinajstić information content (AvgIpc) is 2.54. The van der Waals surface area contributed by atoms with Crippen molar-refractivity contribution in [2.24, 2.45) is 0 Å². The monoisotopic (exact) mass is 318 g/mol. The molecule has 0 fully saturated rings. The third-order valence-corrected chi connectivity index (χ3v) is 3.43. The van der Waals surface area contributed by atoms with Gasteiger partial charge in [0, 0.05) is 29.0 Å². The van der Waals surface area contributed by atoms with E-state index in [4.69, 9.17) is 4.74 Å². The van der Waals surface area contributed by atoms with E-state index >= 15 is 0 Å². The molecule has 0 aliphatic rings. The lowest BCUT2D eigenvalue weighted by Gasteiger charge is -2.13. The second kappa shape index (κ2) is 5.79. The number of nitrogens with zero attached hydrogens (tertiary/aromatic N) is 1. The largest absolute Gasteiger partial charge is 0.497 e. The molecule has 0 saturated heterocycles. The van der Waals surface area contributed by atoms with Crippen LogP contribution in [0.3, 0.4) is 0 Å². The highest BCUT2D eigenvalue weighted by atomic mass is 19.4. The molecule has 0 unspecified atom stereocenters. The number of alkyl halides is 3. The van der Waals surface area contributed by atoms with E-state index in [-0.39, 0.29) is 5.52 Å². The quantitative estimate of drug-likeness (QED) is 0.737. The predicted molar refractivity (Wildman–Crippen MR) is 83.0 cm³/mol. The maximum absolute atomic E-state index is 13.1. The predicted octanol–water partition coefficient (Wildman–Crippen LogP) is 5.01. The average molecular weight is 318 g/mol. The van der Waals surface area contributed by atoms with Crippen LogP contribution in [-0.4, -0.2) is 12.1 Å². The van der Waals surface area contributed by atoms with E-state index in [0.29, 0.717) is 22.5 Å². The first kappa shape index (κ1) is 15.1. The molecule has 3 rings (SSSR count). The van der Waals surface area contributed by atoms with Gasteiger partial charge in [0.15, 0.2) is 0 Å². The van der Waals surface area contributed by atoms with Gasteiger partial charge < -0.3 is 10.1 Å². The van der Waals surface area contributed by atoms with Crippen LogP contribution in [0, 0.1) is 0 Å². The maximum Gasteiger partial charge on any atom is 0.418 e. The van der Waals surface area contributed by atoms with Crippen molar-refractivity contribution >= 4 is 22.3 Å². The van der Waals surface area contributed by atoms with Gasteiger partial charge in [-0.1, -0.05) is 18.2 Å². The van der Waals surface area contributed by atoms with Crippen molar-refractivity contribution in [1.29, 1.82) is 0 Å². The van der Waals surface area contributed by atoms with E-state index in [0.717, 1.165) is 6.07 Å². The minimum Gasteiger partial charge on any atom is -0.497 e. The number of hydrogen-bond acceptors (Lipinski definition) is 3. The molecule has 0 bridgehead atoms. The van der Waals surface area contributed by atoms with Crippen molar-refractivity contribution < 1.29 is 17.9 Å². The molecule has 0 spiro atoms. The summed E-state index contributed by atoms with van der Waals surface area (Å²) in [5.74, 6) is 0.657. The van der Waals surface area contributed by atoms with Crippen LogP contribution in [0.5, 0.6) is 5.75 Å². The van der Waals surface area contributed by atoms with Gasteiger partial charge in [0.2, 0.25) is 0 Å². The summed E-state index contributed by atoms with van der Waals surface area (Å²) in [5.41, 5.74) is 0.445. The molecule has 23 heavy (non-hydrogen) atoms. The number of fused-ring (bicyclic) bond motifs is 1. The molecule has 1 heterocycles. The van der Waals surface area contributed by atoms with Gasteiger partial charge in [-0.3, -0.25) is 4.98 Å². The van der Waals surface area contributed by atoms with Crippen molar-refractivity contribution in [3.05, 3.63) is 60.3 Å². The SMILES string of the molecule is COc1cccc(Nc2ccnc3c(C(F)(F)F)cccc23)c1. The molecule has 0 radical (unpaired) electrons. The molecule has 0 amide bonds.